The highest BCUT2D eigenvalue weighted by Gasteiger charge is 2.26. The van der Waals surface area contributed by atoms with Gasteiger partial charge < -0.3 is 15.0 Å². The fourth-order valence-electron chi connectivity index (χ4n) is 4.39. The van der Waals surface area contributed by atoms with Crippen molar-refractivity contribution in [2.45, 2.75) is 12.5 Å². The van der Waals surface area contributed by atoms with E-state index in [1.54, 1.807) is 30.6 Å². The minimum atomic E-state index is -0.191. The van der Waals surface area contributed by atoms with Gasteiger partial charge in [-0.15, -0.1) is 0 Å². The van der Waals surface area contributed by atoms with E-state index in [0.717, 1.165) is 28.0 Å². The Morgan fingerprint density at radius 1 is 1.09 bits per heavy atom. The van der Waals surface area contributed by atoms with E-state index >= 15 is 0 Å². The van der Waals surface area contributed by atoms with Crippen LogP contribution >= 0.6 is 23.2 Å². The van der Waals surface area contributed by atoms with Gasteiger partial charge in [-0.25, -0.2) is 0 Å². The second-order valence-electron chi connectivity index (χ2n) is 8.33. The molecule has 0 aliphatic carbocycles. The summed E-state index contributed by atoms with van der Waals surface area (Å²) in [6.07, 6.45) is 4.01. The summed E-state index contributed by atoms with van der Waals surface area (Å²) >= 11 is 12.5. The average molecular weight is 493 g/mol. The van der Waals surface area contributed by atoms with Crippen molar-refractivity contribution in [2.75, 3.05) is 25.6 Å². The Morgan fingerprint density at radius 2 is 1.85 bits per heavy atom. The van der Waals surface area contributed by atoms with Gasteiger partial charge in [-0.05, 0) is 30.3 Å². The highest BCUT2D eigenvalue weighted by Crippen LogP contribution is 2.36. The number of anilines is 1. The number of benzene rings is 2. The van der Waals surface area contributed by atoms with Gasteiger partial charge in [0.05, 0.1) is 35.1 Å². The molecule has 0 radical (unpaired) electrons. The van der Waals surface area contributed by atoms with E-state index in [9.17, 15) is 4.79 Å². The third kappa shape index (κ3) is 4.15. The van der Waals surface area contributed by atoms with Crippen LogP contribution in [0.1, 0.15) is 28.4 Å². The van der Waals surface area contributed by atoms with Crippen molar-refractivity contribution in [3.63, 3.8) is 0 Å². The number of carbonyl (C=O) groups excluding carboxylic acids is 1. The van der Waals surface area contributed by atoms with Crippen LogP contribution in [0.5, 0.6) is 5.75 Å². The zero-order valence-electron chi connectivity index (χ0n) is 18.7. The van der Waals surface area contributed by atoms with Crippen LogP contribution in [0.4, 0.5) is 5.69 Å². The maximum atomic E-state index is 13.5. The zero-order valence-corrected chi connectivity index (χ0v) is 20.2. The van der Waals surface area contributed by atoms with Crippen molar-refractivity contribution in [3.05, 3.63) is 82.1 Å². The maximum absolute atomic E-state index is 13.5. The second-order valence-corrected chi connectivity index (χ2v) is 9.20. The summed E-state index contributed by atoms with van der Waals surface area (Å²) < 4.78 is 5.73. The molecule has 1 amide bonds. The van der Waals surface area contributed by atoms with Gasteiger partial charge in [0.1, 0.15) is 5.75 Å². The van der Waals surface area contributed by atoms with Gasteiger partial charge in [-0.1, -0.05) is 41.4 Å². The van der Waals surface area contributed by atoms with Crippen molar-refractivity contribution < 1.29 is 9.53 Å². The highest BCUT2D eigenvalue weighted by atomic mass is 35.5. The lowest BCUT2D eigenvalue weighted by atomic mass is 9.99. The standard InChI is InChI=1S/C26H22Cl2N4O2/c1-32(2)25-19-7-9-29-23(15-11-16(27)13-17(28)12-15)24(19)30-14-20(25)26(33)31-21-8-10-34-22-6-4-3-5-18(21)22/h3-7,9,11-14,21H,8,10H2,1-2H3,(H,31,33)/t21-/m0/s1. The van der Waals surface area contributed by atoms with Crippen LogP contribution in [-0.4, -0.2) is 36.6 Å². The predicted molar refractivity (Wildman–Crippen MR) is 136 cm³/mol. The van der Waals surface area contributed by atoms with Crippen molar-refractivity contribution in [3.8, 4) is 17.0 Å². The molecule has 1 aliphatic rings. The number of para-hydroxylation sites is 1. The summed E-state index contributed by atoms with van der Waals surface area (Å²) in [5.74, 6) is 0.614. The molecule has 0 saturated carbocycles. The van der Waals surface area contributed by atoms with Gasteiger partial charge in [0, 0.05) is 59.5 Å². The molecule has 0 bridgehead atoms. The molecule has 3 heterocycles. The molecule has 172 valence electrons. The van der Waals surface area contributed by atoms with Crippen LogP contribution in [0.2, 0.25) is 10.0 Å². The minimum absolute atomic E-state index is 0.134. The molecule has 0 unspecified atom stereocenters. The normalized spacial score (nSPS) is 14.9. The number of hydrogen-bond acceptors (Lipinski definition) is 5. The summed E-state index contributed by atoms with van der Waals surface area (Å²) in [5.41, 5.74) is 4.30. The van der Waals surface area contributed by atoms with Gasteiger partial charge in [-0.3, -0.25) is 14.8 Å². The number of amides is 1. The first-order chi connectivity index (χ1) is 16.4. The molecule has 2 aromatic carbocycles. The number of nitrogens with zero attached hydrogens (tertiary/aromatic N) is 3. The second kappa shape index (κ2) is 9.12. The van der Waals surface area contributed by atoms with E-state index in [0.29, 0.717) is 39.8 Å². The first-order valence-corrected chi connectivity index (χ1v) is 11.6. The number of hydrogen-bond donors (Lipinski definition) is 1. The van der Waals surface area contributed by atoms with Gasteiger partial charge in [-0.2, -0.15) is 0 Å². The zero-order chi connectivity index (χ0) is 23.8. The summed E-state index contributed by atoms with van der Waals surface area (Å²) in [7, 11) is 3.82. The molecule has 0 spiro atoms. The lowest BCUT2D eigenvalue weighted by Crippen LogP contribution is -2.33. The lowest BCUT2D eigenvalue weighted by Gasteiger charge is -2.27. The topological polar surface area (TPSA) is 67.4 Å². The van der Waals surface area contributed by atoms with Crippen LogP contribution in [0.25, 0.3) is 22.2 Å². The number of nitrogens with one attached hydrogen (secondary N) is 1. The Balaban J connectivity index is 1.58. The Morgan fingerprint density at radius 3 is 2.62 bits per heavy atom. The number of aromatic nitrogens is 2. The number of carbonyl (C=O) groups is 1. The molecule has 1 atom stereocenters. The summed E-state index contributed by atoms with van der Waals surface area (Å²) in [6, 6.07) is 14.8. The van der Waals surface area contributed by atoms with Gasteiger partial charge in [0.2, 0.25) is 0 Å². The molecule has 6 nitrogen and oxygen atoms in total. The summed E-state index contributed by atoms with van der Waals surface area (Å²) in [4.78, 5) is 24.6. The largest absolute Gasteiger partial charge is 0.493 e. The number of fused-ring (bicyclic) bond motifs is 2. The average Bonchev–Trinajstić information content (AvgIpc) is 2.82. The van der Waals surface area contributed by atoms with Crippen LogP contribution in [0, 0.1) is 0 Å². The first-order valence-electron chi connectivity index (χ1n) is 10.9. The SMILES string of the molecule is CN(C)c1c(C(=O)N[C@H]2CCOc3ccccc32)cnc2c(-c3cc(Cl)cc(Cl)c3)nccc12. The van der Waals surface area contributed by atoms with Crippen LogP contribution in [-0.2, 0) is 0 Å². The van der Waals surface area contributed by atoms with E-state index < -0.39 is 0 Å². The number of ether oxygens (including phenoxy) is 1. The van der Waals surface area contributed by atoms with Crippen LogP contribution in [0.3, 0.4) is 0 Å². The van der Waals surface area contributed by atoms with E-state index in [4.69, 9.17) is 27.9 Å². The Bertz CT molecular complexity index is 1390. The van der Waals surface area contributed by atoms with E-state index in [-0.39, 0.29) is 11.9 Å². The van der Waals surface area contributed by atoms with Crippen molar-refractivity contribution in [2.24, 2.45) is 0 Å². The molecule has 0 fully saturated rings. The molecule has 4 aromatic rings. The Hall–Kier alpha value is -3.35. The quantitative estimate of drug-likeness (QED) is 0.382. The Labute approximate surface area is 207 Å². The fourth-order valence-corrected chi connectivity index (χ4v) is 4.91. The molecule has 0 saturated heterocycles. The van der Waals surface area contributed by atoms with Crippen molar-refractivity contribution in [1.29, 1.82) is 0 Å². The smallest absolute Gasteiger partial charge is 0.255 e. The van der Waals surface area contributed by atoms with E-state index in [2.05, 4.69) is 15.3 Å². The number of pyridine rings is 2. The van der Waals surface area contributed by atoms with E-state index in [1.165, 1.54) is 0 Å². The third-order valence-electron chi connectivity index (χ3n) is 5.85. The van der Waals surface area contributed by atoms with Gasteiger partial charge in [0.15, 0.2) is 0 Å². The summed E-state index contributed by atoms with van der Waals surface area (Å²) in [6.45, 7) is 0.551. The van der Waals surface area contributed by atoms with Crippen LogP contribution in [0.15, 0.2) is 60.9 Å². The van der Waals surface area contributed by atoms with E-state index in [1.807, 2.05) is 49.3 Å². The molecule has 34 heavy (non-hydrogen) atoms. The lowest BCUT2D eigenvalue weighted by molar-refractivity contribution is 0.0925. The molecule has 1 N–H and O–H groups in total. The fraction of sp³-hybridized carbons (Fsp3) is 0.192. The molecular formula is C26H22Cl2N4O2. The van der Waals surface area contributed by atoms with Gasteiger partial charge in [0.25, 0.3) is 5.91 Å². The van der Waals surface area contributed by atoms with Gasteiger partial charge >= 0.3 is 0 Å². The molecule has 1 aliphatic heterocycles. The molecule has 8 heteroatoms. The predicted octanol–water partition coefficient (Wildman–Crippen LogP) is 5.92. The minimum Gasteiger partial charge on any atom is -0.493 e. The molecule has 2 aromatic heterocycles. The third-order valence-corrected chi connectivity index (χ3v) is 6.29. The van der Waals surface area contributed by atoms with Crippen molar-refractivity contribution >= 4 is 45.7 Å². The highest BCUT2D eigenvalue weighted by molar-refractivity contribution is 6.35. The van der Waals surface area contributed by atoms with Crippen molar-refractivity contribution in [1.82, 2.24) is 15.3 Å². The Kier molecular flexibility index (Phi) is 6.02. The maximum Gasteiger partial charge on any atom is 0.255 e. The summed E-state index contributed by atoms with van der Waals surface area (Å²) in [5, 5.41) is 5.02. The molecule has 5 rings (SSSR count). The monoisotopic (exact) mass is 492 g/mol. The molecular weight excluding hydrogens is 471 g/mol. The number of rotatable bonds is 4. The number of halogens is 2. The first kappa shape index (κ1) is 22.4. The van der Waals surface area contributed by atoms with Crippen LogP contribution < -0.4 is 15.0 Å².